The van der Waals surface area contributed by atoms with E-state index in [0.29, 0.717) is 0 Å². The molecule has 1 heterocycles. The Morgan fingerprint density at radius 3 is 2.60 bits per heavy atom. The first-order chi connectivity index (χ1) is 9.78. The molecule has 0 atom stereocenters. The largest absolute Gasteiger partial charge is 0.497 e. The number of rotatable bonds is 5. The fraction of sp³-hybridized carbons (Fsp3) is 0.133. The van der Waals surface area contributed by atoms with Gasteiger partial charge in [0.05, 0.1) is 13.3 Å². The highest BCUT2D eigenvalue weighted by atomic mass is 16.5. The minimum atomic E-state index is -0.175. The minimum absolute atomic E-state index is 0.175. The molecule has 0 fully saturated rings. The van der Waals surface area contributed by atoms with Gasteiger partial charge in [0.2, 0.25) is 6.54 Å². The van der Waals surface area contributed by atoms with E-state index in [1.165, 1.54) is 0 Å². The summed E-state index contributed by atoms with van der Waals surface area (Å²) in [5.74, 6) is 0.609. The quantitative estimate of drug-likeness (QED) is 0.503. The SMILES string of the molecule is COc1ccc(/C=N\NC(=O)C[n+]2ccccc2)cc1. The molecular weight excluding hydrogens is 254 g/mol. The Balaban J connectivity index is 1.84. The van der Waals surface area contributed by atoms with Crippen LogP contribution in [0.25, 0.3) is 0 Å². The molecule has 1 aromatic heterocycles. The van der Waals surface area contributed by atoms with Gasteiger partial charge >= 0.3 is 5.91 Å². The number of methoxy groups -OCH3 is 1. The normalized spacial score (nSPS) is 10.4. The van der Waals surface area contributed by atoms with E-state index in [9.17, 15) is 4.79 Å². The van der Waals surface area contributed by atoms with Crippen molar-refractivity contribution in [3.8, 4) is 5.75 Å². The average Bonchev–Trinajstić information content (AvgIpc) is 2.49. The number of carbonyl (C=O) groups excluding carboxylic acids is 1. The van der Waals surface area contributed by atoms with Gasteiger partial charge in [0.1, 0.15) is 5.75 Å². The molecule has 2 rings (SSSR count). The van der Waals surface area contributed by atoms with Gasteiger partial charge < -0.3 is 4.74 Å². The number of carbonyl (C=O) groups is 1. The second-order valence-electron chi connectivity index (χ2n) is 4.11. The zero-order chi connectivity index (χ0) is 14.2. The van der Waals surface area contributed by atoms with Gasteiger partial charge in [-0.3, -0.25) is 4.79 Å². The minimum Gasteiger partial charge on any atom is -0.497 e. The maximum absolute atomic E-state index is 11.6. The predicted octanol–water partition coefficient (Wildman–Crippen LogP) is 1.13. The van der Waals surface area contributed by atoms with Crippen LogP contribution >= 0.6 is 0 Å². The van der Waals surface area contributed by atoms with Crippen LogP contribution < -0.4 is 14.7 Å². The molecule has 0 aliphatic rings. The standard InChI is InChI=1S/C15H15N3O2/c1-20-14-7-5-13(6-8-14)11-16-17-15(19)12-18-9-3-2-4-10-18/h2-11H,12H2,1H3/p+1/b16-11-. The number of benzene rings is 1. The summed E-state index contributed by atoms with van der Waals surface area (Å²) < 4.78 is 6.84. The molecule has 0 aliphatic heterocycles. The van der Waals surface area contributed by atoms with Crippen LogP contribution in [-0.2, 0) is 11.3 Å². The monoisotopic (exact) mass is 270 g/mol. The number of pyridine rings is 1. The van der Waals surface area contributed by atoms with Crippen LogP contribution in [0.2, 0.25) is 0 Å². The molecule has 1 N–H and O–H groups in total. The van der Waals surface area contributed by atoms with E-state index < -0.39 is 0 Å². The van der Waals surface area contributed by atoms with Gasteiger partial charge in [-0.1, -0.05) is 6.07 Å². The lowest BCUT2D eigenvalue weighted by molar-refractivity contribution is -0.684. The molecule has 5 nitrogen and oxygen atoms in total. The third-order valence-electron chi connectivity index (χ3n) is 2.62. The van der Waals surface area contributed by atoms with Crippen molar-refractivity contribution in [1.82, 2.24) is 5.43 Å². The molecule has 0 aliphatic carbocycles. The Kier molecular flexibility index (Phi) is 4.83. The molecule has 0 saturated carbocycles. The van der Waals surface area contributed by atoms with Crippen LogP contribution in [0.4, 0.5) is 0 Å². The summed E-state index contributed by atoms with van der Waals surface area (Å²) in [7, 11) is 1.62. The zero-order valence-corrected chi connectivity index (χ0v) is 11.2. The molecule has 0 radical (unpaired) electrons. The molecule has 1 aromatic carbocycles. The van der Waals surface area contributed by atoms with Crippen molar-refractivity contribution < 1.29 is 14.1 Å². The van der Waals surface area contributed by atoms with E-state index in [1.807, 2.05) is 54.9 Å². The number of hydrogen-bond acceptors (Lipinski definition) is 3. The maximum atomic E-state index is 11.6. The molecule has 0 spiro atoms. The van der Waals surface area contributed by atoms with Crippen LogP contribution in [0.3, 0.4) is 0 Å². The lowest BCUT2D eigenvalue weighted by Gasteiger charge is -1.99. The van der Waals surface area contributed by atoms with E-state index in [1.54, 1.807) is 17.9 Å². The smallest absolute Gasteiger partial charge is 0.305 e. The molecule has 0 unspecified atom stereocenters. The topological polar surface area (TPSA) is 54.6 Å². The number of hydrazone groups is 1. The summed E-state index contributed by atoms with van der Waals surface area (Å²) in [5.41, 5.74) is 3.37. The van der Waals surface area contributed by atoms with Crippen molar-refractivity contribution in [2.75, 3.05) is 7.11 Å². The molecule has 1 amide bonds. The number of amides is 1. The van der Waals surface area contributed by atoms with Crippen molar-refractivity contribution in [1.29, 1.82) is 0 Å². The van der Waals surface area contributed by atoms with Gasteiger partial charge in [-0.25, -0.2) is 5.43 Å². The number of aromatic nitrogens is 1. The van der Waals surface area contributed by atoms with Crippen LogP contribution in [0.15, 0.2) is 60.0 Å². The predicted molar refractivity (Wildman–Crippen MR) is 75.4 cm³/mol. The Morgan fingerprint density at radius 2 is 1.95 bits per heavy atom. The van der Waals surface area contributed by atoms with E-state index in [0.717, 1.165) is 11.3 Å². The number of nitrogens with one attached hydrogen (secondary N) is 1. The van der Waals surface area contributed by atoms with Crippen LogP contribution in [0.1, 0.15) is 5.56 Å². The first-order valence-electron chi connectivity index (χ1n) is 6.18. The highest BCUT2D eigenvalue weighted by molar-refractivity contribution is 5.82. The fourth-order valence-corrected chi connectivity index (χ4v) is 1.61. The molecule has 2 aromatic rings. The Labute approximate surface area is 117 Å². The van der Waals surface area contributed by atoms with E-state index in [2.05, 4.69) is 10.5 Å². The third kappa shape index (κ3) is 4.20. The van der Waals surface area contributed by atoms with Gasteiger partial charge in [0.15, 0.2) is 12.4 Å². The van der Waals surface area contributed by atoms with Gasteiger partial charge in [0, 0.05) is 12.1 Å². The second kappa shape index (κ2) is 7.04. The Bertz CT molecular complexity index is 580. The molecule has 20 heavy (non-hydrogen) atoms. The van der Waals surface area contributed by atoms with Crippen LogP contribution in [0, 0.1) is 0 Å². The lowest BCUT2D eigenvalue weighted by Crippen LogP contribution is -2.40. The summed E-state index contributed by atoms with van der Waals surface area (Å²) in [4.78, 5) is 11.6. The summed E-state index contributed by atoms with van der Waals surface area (Å²) in [6, 6.07) is 13.0. The van der Waals surface area contributed by atoms with Crippen LogP contribution in [0.5, 0.6) is 5.75 Å². The van der Waals surface area contributed by atoms with Crippen LogP contribution in [-0.4, -0.2) is 19.2 Å². The highest BCUT2D eigenvalue weighted by Crippen LogP contribution is 2.09. The first kappa shape index (κ1) is 13.7. The van der Waals surface area contributed by atoms with Crippen molar-refractivity contribution in [3.63, 3.8) is 0 Å². The molecule has 0 bridgehead atoms. The van der Waals surface area contributed by atoms with Gasteiger partial charge in [-0.15, -0.1) is 0 Å². The Morgan fingerprint density at radius 1 is 1.25 bits per heavy atom. The highest BCUT2D eigenvalue weighted by Gasteiger charge is 2.06. The average molecular weight is 270 g/mol. The molecular formula is C15H16N3O2+. The van der Waals surface area contributed by atoms with Crippen molar-refractivity contribution in [3.05, 3.63) is 60.4 Å². The lowest BCUT2D eigenvalue weighted by atomic mass is 10.2. The Hall–Kier alpha value is -2.69. The summed E-state index contributed by atoms with van der Waals surface area (Å²) >= 11 is 0. The summed E-state index contributed by atoms with van der Waals surface area (Å²) in [6.07, 6.45) is 5.24. The zero-order valence-electron chi connectivity index (χ0n) is 11.2. The first-order valence-corrected chi connectivity index (χ1v) is 6.18. The number of hydrogen-bond donors (Lipinski definition) is 1. The second-order valence-corrected chi connectivity index (χ2v) is 4.11. The number of ether oxygens (including phenoxy) is 1. The molecule has 102 valence electrons. The molecule has 5 heteroatoms. The summed E-state index contributed by atoms with van der Waals surface area (Å²) in [6.45, 7) is 0.237. The van der Waals surface area contributed by atoms with Gasteiger partial charge in [-0.2, -0.15) is 9.67 Å². The fourth-order valence-electron chi connectivity index (χ4n) is 1.61. The molecule has 0 saturated heterocycles. The number of nitrogens with zero attached hydrogens (tertiary/aromatic N) is 2. The van der Waals surface area contributed by atoms with Crippen molar-refractivity contribution in [2.45, 2.75) is 6.54 Å². The summed E-state index contributed by atoms with van der Waals surface area (Å²) in [5, 5.41) is 3.91. The van der Waals surface area contributed by atoms with E-state index in [4.69, 9.17) is 4.74 Å². The third-order valence-corrected chi connectivity index (χ3v) is 2.62. The van der Waals surface area contributed by atoms with Gasteiger partial charge in [-0.05, 0) is 29.8 Å². The maximum Gasteiger partial charge on any atom is 0.305 e. The van der Waals surface area contributed by atoms with E-state index in [-0.39, 0.29) is 12.5 Å². The van der Waals surface area contributed by atoms with Gasteiger partial charge in [0.25, 0.3) is 0 Å². The van der Waals surface area contributed by atoms with Crippen molar-refractivity contribution in [2.24, 2.45) is 5.10 Å². The van der Waals surface area contributed by atoms with E-state index >= 15 is 0 Å². The van der Waals surface area contributed by atoms with Crippen molar-refractivity contribution >= 4 is 12.1 Å².